The highest BCUT2D eigenvalue weighted by molar-refractivity contribution is 9.10. The molecule has 3 amide bonds. The molecule has 0 unspecified atom stereocenters. The highest BCUT2D eigenvalue weighted by atomic mass is 79.9. The van der Waals surface area contributed by atoms with E-state index in [2.05, 4.69) is 26.6 Å². The fourth-order valence-corrected chi connectivity index (χ4v) is 3.03. The number of hydrogen-bond donors (Lipinski definition) is 3. The third-order valence-electron chi connectivity index (χ3n) is 4.03. The summed E-state index contributed by atoms with van der Waals surface area (Å²) in [6.45, 7) is 4.21. The summed E-state index contributed by atoms with van der Waals surface area (Å²) in [5.41, 5.74) is 0.686. The van der Waals surface area contributed by atoms with Crippen LogP contribution in [-0.2, 0) is 9.59 Å². The maximum Gasteiger partial charge on any atom is 0.309 e. The minimum atomic E-state index is -0.630. The zero-order valence-corrected chi connectivity index (χ0v) is 15.2. The molecule has 2 rings (SSSR count). The Morgan fingerprint density at radius 1 is 1.21 bits per heavy atom. The van der Waals surface area contributed by atoms with Gasteiger partial charge in [0.05, 0.1) is 39.3 Å². The molecule has 1 heterocycles. The zero-order chi connectivity index (χ0) is 17.5. The van der Waals surface area contributed by atoms with Gasteiger partial charge in [0.2, 0.25) is 0 Å². The predicted octanol–water partition coefficient (Wildman–Crippen LogP) is -1.35. The van der Waals surface area contributed by atoms with Crippen LogP contribution >= 0.6 is 15.9 Å². The Hall–Kier alpha value is -1.93. The molecule has 3 N–H and O–H groups in total. The molecule has 1 aromatic carbocycles. The Kier molecular flexibility index (Phi) is 6.74. The number of nitrogens with zero attached hydrogens (tertiary/aromatic N) is 1. The third-order valence-corrected chi connectivity index (χ3v) is 4.52. The van der Waals surface area contributed by atoms with E-state index >= 15 is 0 Å². The van der Waals surface area contributed by atoms with Crippen molar-refractivity contribution in [2.24, 2.45) is 0 Å². The van der Waals surface area contributed by atoms with Gasteiger partial charge in [0, 0.05) is 17.1 Å². The number of quaternary nitrogens is 1. The Labute approximate surface area is 149 Å². The average molecular weight is 398 g/mol. The Morgan fingerprint density at radius 3 is 2.54 bits per heavy atom. The first-order chi connectivity index (χ1) is 11.5. The Bertz CT molecular complexity index is 615. The number of likely N-dealkylation sites (N-methyl/N-ethyl adjacent to an activating group) is 1. The van der Waals surface area contributed by atoms with Crippen molar-refractivity contribution in [1.82, 2.24) is 15.5 Å². The van der Waals surface area contributed by atoms with Gasteiger partial charge in [-0.2, -0.15) is 0 Å². The number of amides is 3. The van der Waals surface area contributed by atoms with Crippen molar-refractivity contribution >= 4 is 33.7 Å². The number of benzene rings is 1. The van der Waals surface area contributed by atoms with Gasteiger partial charge in [0.25, 0.3) is 5.91 Å². The van der Waals surface area contributed by atoms with Gasteiger partial charge in [-0.1, -0.05) is 22.0 Å². The molecule has 1 fully saturated rings. The van der Waals surface area contributed by atoms with E-state index in [-0.39, 0.29) is 5.91 Å². The highest BCUT2D eigenvalue weighted by Crippen LogP contribution is 2.13. The smallest absolute Gasteiger partial charge is 0.309 e. The molecule has 8 heteroatoms. The van der Waals surface area contributed by atoms with Crippen molar-refractivity contribution < 1.29 is 19.3 Å². The molecular formula is C16H22BrN4O3+. The third kappa shape index (κ3) is 5.04. The monoisotopic (exact) mass is 397 g/mol. The van der Waals surface area contributed by atoms with Crippen LogP contribution in [0, 0.1) is 0 Å². The van der Waals surface area contributed by atoms with Gasteiger partial charge in [0.1, 0.15) is 0 Å². The topological polar surface area (TPSA) is 82.9 Å². The van der Waals surface area contributed by atoms with E-state index in [1.807, 2.05) is 29.2 Å². The second-order valence-electron chi connectivity index (χ2n) is 5.64. The quantitative estimate of drug-likeness (QED) is 0.549. The lowest BCUT2D eigenvalue weighted by Crippen LogP contribution is -3.15. The standard InChI is InChI=1S/C16H21BrN4O3/c1-18-14(22)15(23)19-5-6-20-7-9-21(10-8-20)16(24)12-3-2-4-13(17)11-12/h2-4,11H,5-10H2,1H3,(H,18,22)(H,19,23)/p+1. The molecular weight excluding hydrogens is 376 g/mol. The zero-order valence-electron chi connectivity index (χ0n) is 13.6. The van der Waals surface area contributed by atoms with E-state index in [0.717, 1.165) is 24.1 Å². The lowest BCUT2D eigenvalue weighted by Gasteiger charge is -2.32. The van der Waals surface area contributed by atoms with E-state index < -0.39 is 11.8 Å². The SMILES string of the molecule is CNC(=O)C(=O)NCC[NH+]1CCN(C(=O)c2cccc(Br)c2)CC1. The molecule has 130 valence electrons. The van der Waals surface area contributed by atoms with Crippen LogP contribution < -0.4 is 15.5 Å². The number of nitrogens with one attached hydrogen (secondary N) is 3. The Morgan fingerprint density at radius 2 is 1.92 bits per heavy atom. The molecule has 0 saturated carbocycles. The molecule has 0 radical (unpaired) electrons. The van der Waals surface area contributed by atoms with Gasteiger partial charge in [-0.05, 0) is 18.2 Å². The van der Waals surface area contributed by atoms with Crippen molar-refractivity contribution in [3.05, 3.63) is 34.3 Å². The molecule has 0 aromatic heterocycles. The molecule has 0 bridgehead atoms. The molecule has 1 saturated heterocycles. The van der Waals surface area contributed by atoms with E-state index in [1.165, 1.54) is 11.9 Å². The second kappa shape index (κ2) is 8.79. The van der Waals surface area contributed by atoms with Crippen molar-refractivity contribution in [2.45, 2.75) is 0 Å². The summed E-state index contributed by atoms with van der Waals surface area (Å²) in [6, 6.07) is 7.40. The predicted molar refractivity (Wildman–Crippen MR) is 92.7 cm³/mol. The van der Waals surface area contributed by atoms with Crippen LogP contribution in [0.15, 0.2) is 28.7 Å². The number of carbonyl (C=O) groups is 3. The van der Waals surface area contributed by atoms with E-state index in [1.54, 1.807) is 0 Å². The maximum atomic E-state index is 12.5. The van der Waals surface area contributed by atoms with Crippen LogP contribution in [0.25, 0.3) is 0 Å². The molecule has 7 nitrogen and oxygen atoms in total. The fraction of sp³-hybridized carbons (Fsp3) is 0.438. The Balaban J connectivity index is 1.74. The van der Waals surface area contributed by atoms with Gasteiger partial charge in [-0.15, -0.1) is 0 Å². The van der Waals surface area contributed by atoms with E-state index in [4.69, 9.17) is 0 Å². The van der Waals surface area contributed by atoms with E-state index in [0.29, 0.717) is 25.2 Å². The molecule has 1 aliphatic rings. The van der Waals surface area contributed by atoms with Crippen LogP contribution in [-0.4, -0.2) is 68.9 Å². The minimum absolute atomic E-state index is 0.0447. The second-order valence-corrected chi connectivity index (χ2v) is 6.55. The first-order valence-corrected chi connectivity index (χ1v) is 8.69. The fourth-order valence-electron chi connectivity index (χ4n) is 2.63. The minimum Gasteiger partial charge on any atom is -0.351 e. The van der Waals surface area contributed by atoms with E-state index in [9.17, 15) is 14.4 Å². The number of piperazine rings is 1. The van der Waals surface area contributed by atoms with Crippen LogP contribution in [0.5, 0.6) is 0 Å². The molecule has 1 aromatic rings. The summed E-state index contributed by atoms with van der Waals surface area (Å²) >= 11 is 3.38. The first kappa shape index (κ1) is 18.4. The number of halogens is 1. The van der Waals surface area contributed by atoms with Gasteiger partial charge in [0.15, 0.2) is 0 Å². The average Bonchev–Trinajstić information content (AvgIpc) is 2.61. The number of carbonyl (C=O) groups excluding carboxylic acids is 3. The van der Waals surface area contributed by atoms with Crippen molar-refractivity contribution in [1.29, 1.82) is 0 Å². The molecule has 24 heavy (non-hydrogen) atoms. The summed E-state index contributed by atoms with van der Waals surface area (Å²) in [6.07, 6.45) is 0. The lowest BCUT2D eigenvalue weighted by molar-refractivity contribution is -0.902. The molecule has 0 atom stereocenters. The molecule has 1 aliphatic heterocycles. The molecule has 0 aliphatic carbocycles. The summed E-state index contributed by atoms with van der Waals surface area (Å²) in [7, 11) is 1.43. The first-order valence-electron chi connectivity index (χ1n) is 7.89. The van der Waals surface area contributed by atoms with Gasteiger partial charge in [-0.25, -0.2) is 0 Å². The summed E-state index contributed by atoms with van der Waals surface area (Å²) in [5, 5.41) is 4.87. The summed E-state index contributed by atoms with van der Waals surface area (Å²) in [5.74, 6) is -1.20. The number of hydrogen-bond acceptors (Lipinski definition) is 3. The summed E-state index contributed by atoms with van der Waals surface area (Å²) < 4.78 is 0.893. The summed E-state index contributed by atoms with van der Waals surface area (Å²) in [4.78, 5) is 38.1. The van der Waals surface area contributed by atoms with Gasteiger partial charge in [-0.3, -0.25) is 14.4 Å². The van der Waals surface area contributed by atoms with Gasteiger partial charge < -0.3 is 20.4 Å². The van der Waals surface area contributed by atoms with Gasteiger partial charge >= 0.3 is 11.8 Å². The van der Waals surface area contributed by atoms with Crippen molar-refractivity contribution in [3.63, 3.8) is 0 Å². The maximum absolute atomic E-state index is 12.5. The van der Waals surface area contributed by atoms with Crippen LogP contribution in [0.3, 0.4) is 0 Å². The van der Waals surface area contributed by atoms with Crippen molar-refractivity contribution in [3.8, 4) is 0 Å². The highest BCUT2D eigenvalue weighted by Gasteiger charge is 2.24. The van der Waals surface area contributed by atoms with Crippen LogP contribution in [0.4, 0.5) is 0 Å². The largest absolute Gasteiger partial charge is 0.351 e. The normalized spacial score (nSPS) is 15.0. The number of rotatable bonds is 4. The van der Waals surface area contributed by atoms with Crippen LogP contribution in [0.1, 0.15) is 10.4 Å². The lowest BCUT2D eigenvalue weighted by atomic mass is 10.2. The molecule has 0 spiro atoms. The van der Waals surface area contributed by atoms with Crippen LogP contribution in [0.2, 0.25) is 0 Å². The van der Waals surface area contributed by atoms with Crippen molar-refractivity contribution in [2.75, 3.05) is 46.3 Å².